The summed E-state index contributed by atoms with van der Waals surface area (Å²) in [4.78, 5) is -0.110. The molecular formula is C12H12ClN5O2S. The minimum absolute atomic E-state index is 0.0696. The first kappa shape index (κ1) is 15.4. The Morgan fingerprint density at radius 3 is 2.86 bits per heavy atom. The van der Waals surface area contributed by atoms with Gasteiger partial charge < -0.3 is 4.57 Å². The molecule has 1 aromatic carbocycles. The Kier molecular flexibility index (Phi) is 4.57. The van der Waals surface area contributed by atoms with E-state index in [1.165, 1.54) is 24.5 Å². The Labute approximate surface area is 127 Å². The van der Waals surface area contributed by atoms with E-state index >= 15 is 0 Å². The lowest BCUT2D eigenvalue weighted by atomic mass is 10.2. The van der Waals surface area contributed by atoms with Crippen LogP contribution in [0.3, 0.4) is 0 Å². The van der Waals surface area contributed by atoms with Gasteiger partial charge in [0.15, 0.2) is 0 Å². The first-order chi connectivity index (χ1) is 9.94. The summed E-state index contributed by atoms with van der Waals surface area (Å²) in [5, 5.41) is 16.5. The molecule has 0 spiro atoms. The first-order valence-electron chi connectivity index (χ1n) is 5.96. The SMILES string of the molecule is Cn1cnnc1CCNS(=O)(=O)c1cc(C#N)ccc1Cl. The summed E-state index contributed by atoms with van der Waals surface area (Å²) >= 11 is 5.89. The van der Waals surface area contributed by atoms with Crippen LogP contribution in [0.15, 0.2) is 29.4 Å². The molecule has 0 saturated heterocycles. The largest absolute Gasteiger partial charge is 0.321 e. The topological polar surface area (TPSA) is 101 Å². The average Bonchev–Trinajstić information content (AvgIpc) is 2.84. The van der Waals surface area contributed by atoms with E-state index in [2.05, 4.69) is 14.9 Å². The van der Waals surface area contributed by atoms with E-state index in [0.717, 1.165) is 0 Å². The number of hydrogen-bond acceptors (Lipinski definition) is 5. The van der Waals surface area contributed by atoms with Crippen LogP contribution in [0.25, 0.3) is 0 Å². The lowest BCUT2D eigenvalue weighted by Gasteiger charge is -2.08. The Hall–Kier alpha value is -1.95. The highest BCUT2D eigenvalue weighted by Crippen LogP contribution is 2.22. The van der Waals surface area contributed by atoms with Gasteiger partial charge in [-0.15, -0.1) is 10.2 Å². The molecule has 0 aliphatic rings. The monoisotopic (exact) mass is 325 g/mol. The molecule has 1 heterocycles. The number of aromatic nitrogens is 3. The minimum atomic E-state index is -3.78. The molecule has 9 heteroatoms. The van der Waals surface area contributed by atoms with Crippen LogP contribution in [0.4, 0.5) is 0 Å². The lowest BCUT2D eigenvalue weighted by molar-refractivity contribution is 0.580. The molecule has 0 bridgehead atoms. The van der Waals surface area contributed by atoms with Crippen molar-refractivity contribution in [2.75, 3.05) is 6.54 Å². The number of hydrogen-bond donors (Lipinski definition) is 1. The maximum atomic E-state index is 12.2. The first-order valence-corrected chi connectivity index (χ1v) is 7.82. The number of benzene rings is 1. The second kappa shape index (κ2) is 6.22. The Balaban J connectivity index is 2.12. The molecule has 0 aliphatic carbocycles. The molecule has 0 radical (unpaired) electrons. The van der Waals surface area contributed by atoms with E-state index in [9.17, 15) is 8.42 Å². The van der Waals surface area contributed by atoms with E-state index in [0.29, 0.717) is 12.2 Å². The van der Waals surface area contributed by atoms with Gasteiger partial charge >= 0.3 is 0 Å². The predicted molar refractivity (Wildman–Crippen MR) is 76.1 cm³/mol. The van der Waals surface area contributed by atoms with Crippen LogP contribution < -0.4 is 4.72 Å². The van der Waals surface area contributed by atoms with Crippen molar-refractivity contribution < 1.29 is 8.42 Å². The van der Waals surface area contributed by atoms with Crippen molar-refractivity contribution in [2.24, 2.45) is 7.05 Å². The number of sulfonamides is 1. The Morgan fingerprint density at radius 1 is 1.48 bits per heavy atom. The molecular weight excluding hydrogens is 314 g/mol. The summed E-state index contributed by atoms with van der Waals surface area (Å²) in [6.07, 6.45) is 1.93. The normalized spacial score (nSPS) is 11.3. The third kappa shape index (κ3) is 3.58. The Morgan fingerprint density at radius 2 is 2.24 bits per heavy atom. The highest BCUT2D eigenvalue weighted by atomic mass is 35.5. The van der Waals surface area contributed by atoms with E-state index in [1.807, 2.05) is 6.07 Å². The molecule has 0 fully saturated rings. The van der Waals surface area contributed by atoms with E-state index in [1.54, 1.807) is 11.6 Å². The standard InChI is InChI=1S/C12H12ClN5O2S/c1-18-8-15-17-12(18)4-5-16-21(19,20)11-6-9(7-14)2-3-10(11)13/h2-3,6,8,16H,4-5H2,1H3. The van der Waals surface area contributed by atoms with Crippen molar-refractivity contribution in [1.82, 2.24) is 19.5 Å². The van der Waals surface area contributed by atoms with Gasteiger partial charge in [-0.2, -0.15) is 5.26 Å². The zero-order valence-corrected chi connectivity index (χ0v) is 12.7. The highest BCUT2D eigenvalue weighted by molar-refractivity contribution is 7.89. The average molecular weight is 326 g/mol. The summed E-state index contributed by atoms with van der Waals surface area (Å²) in [5.41, 5.74) is 0.230. The van der Waals surface area contributed by atoms with Crippen LogP contribution in [0, 0.1) is 11.3 Å². The van der Waals surface area contributed by atoms with Gasteiger partial charge in [-0.3, -0.25) is 0 Å². The summed E-state index contributed by atoms with van der Waals surface area (Å²) < 4.78 is 28.5. The zero-order valence-electron chi connectivity index (χ0n) is 11.1. The van der Waals surface area contributed by atoms with Crippen LogP contribution >= 0.6 is 11.6 Å². The molecule has 0 saturated carbocycles. The van der Waals surface area contributed by atoms with E-state index in [4.69, 9.17) is 16.9 Å². The van der Waals surface area contributed by atoms with Crippen LogP contribution in [0.1, 0.15) is 11.4 Å². The molecule has 0 unspecified atom stereocenters. The molecule has 2 aromatic rings. The summed E-state index contributed by atoms with van der Waals surface area (Å²) in [6.45, 7) is 0.155. The molecule has 1 aromatic heterocycles. The van der Waals surface area contributed by atoms with Gasteiger partial charge in [0.1, 0.15) is 17.0 Å². The van der Waals surface area contributed by atoms with Crippen LogP contribution in [-0.4, -0.2) is 29.7 Å². The van der Waals surface area contributed by atoms with E-state index < -0.39 is 10.0 Å². The van der Waals surface area contributed by atoms with Crippen molar-refractivity contribution in [3.05, 3.63) is 40.9 Å². The Bertz CT molecular complexity index is 794. The quantitative estimate of drug-likeness (QED) is 0.878. The van der Waals surface area contributed by atoms with Crippen LogP contribution in [-0.2, 0) is 23.5 Å². The van der Waals surface area contributed by atoms with Crippen molar-refractivity contribution in [2.45, 2.75) is 11.3 Å². The maximum Gasteiger partial charge on any atom is 0.242 e. The smallest absolute Gasteiger partial charge is 0.242 e. The van der Waals surface area contributed by atoms with Gasteiger partial charge in [-0.05, 0) is 18.2 Å². The van der Waals surface area contributed by atoms with Gasteiger partial charge in [-0.1, -0.05) is 11.6 Å². The van der Waals surface area contributed by atoms with Crippen LogP contribution in [0.5, 0.6) is 0 Å². The molecule has 0 atom stereocenters. The fraction of sp³-hybridized carbons (Fsp3) is 0.250. The summed E-state index contributed by atoms with van der Waals surface area (Å²) in [5.74, 6) is 0.662. The number of halogens is 1. The number of nitriles is 1. The minimum Gasteiger partial charge on any atom is -0.321 e. The predicted octanol–water partition coefficient (Wildman–Crippen LogP) is 0.861. The number of aryl methyl sites for hydroxylation is 1. The third-order valence-corrected chi connectivity index (χ3v) is 4.74. The van der Waals surface area contributed by atoms with Crippen molar-refractivity contribution in [3.8, 4) is 6.07 Å². The number of nitrogens with one attached hydrogen (secondary N) is 1. The molecule has 2 rings (SSSR count). The van der Waals surface area contributed by atoms with Crippen LogP contribution in [0.2, 0.25) is 5.02 Å². The summed E-state index contributed by atoms with van der Waals surface area (Å²) in [7, 11) is -2.01. The molecule has 21 heavy (non-hydrogen) atoms. The molecule has 110 valence electrons. The fourth-order valence-electron chi connectivity index (χ4n) is 1.69. The lowest BCUT2D eigenvalue weighted by Crippen LogP contribution is -2.27. The van der Waals surface area contributed by atoms with Gasteiger partial charge in [0.2, 0.25) is 10.0 Å². The molecule has 1 N–H and O–H groups in total. The van der Waals surface area contributed by atoms with Gasteiger partial charge in [-0.25, -0.2) is 13.1 Å². The molecule has 0 amide bonds. The van der Waals surface area contributed by atoms with Gasteiger partial charge in [0, 0.05) is 20.0 Å². The van der Waals surface area contributed by atoms with Crippen molar-refractivity contribution in [1.29, 1.82) is 5.26 Å². The van der Waals surface area contributed by atoms with Gasteiger partial charge in [0.05, 0.1) is 16.7 Å². The number of nitrogens with zero attached hydrogens (tertiary/aromatic N) is 4. The maximum absolute atomic E-state index is 12.2. The third-order valence-electron chi connectivity index (χ3n) is 2.80. The van der Waals surface area contributed by atoms with Gasteiger partial charge in [0.25, 0.3) is 0 Å². The second-order valence-corrected chi connectivity index (χ2v) is 6.41. The van der Waals surface area contributed by atoms with Crippen molar-refractivity contribution >= 4 is 21.6 Å². The summed E-state index contributed by atoms with van der Waals surface area (Å²) in [6, 6.07) is 5.97. The highest BCUT2D eigenvalue weighted by Gasteiger charge is 2.18. The molecule has 0 aliphatic heterocycles. The second-order valence-electron chi connectivity index (χ2n) is 4.26. The molecule has 7 nitrogen and oxygen atoms in total. The fourth-order valence-corrected chi connectivity index (χ4v) is 3.24. The zero-order chi connectivity index (χ0) is 15.5. The van der Waals surface area contributed by atoms with E-state index in [-0.39, 0.29) is 22.0 Å². The van der Waals surface area contributed by atoms with Crippen molar-refractivity contribution in [3.63, 3.8) is 0 Å². The number of rotatable bonds is 5.